The molecule has 0 amide bonds. The molecule has 0 saturated carbocycles. The quantitative estimate of drug-likeness (QED) is 0.780. The van der Waals surface area contributed by atoms with Crippen molar-refractivity contribution in [2.45, 2.75) is 25.9 Å². The molecule has 6 heteroatoms. The summed E-state index contributed by atoms with van der Waals surface area (Å²) >= 11 is 1.12. The Hall–Kier alpha value is -1.32. The highest BCUT2D eigenvalue weighted by atomic mass is 32.1. The monoisotopic (exact) mass is 279 g/mol. The summed E-state index contributed by atoms with van der Waals surface area (Å²) in [5.74, 6) is 7.28. The van der Waals surface area contributed by atoms with Crippen molar-refractivity contribution in [3.05, 3.63) is 0 Å². The van der Waals surface area contributed by atoms with Crippen LogP contribution in [0.15, 0.2) is 0 Å². The Bertz CT molecular complexity index is 486. The van der Waals surface area contributed by atoms with E-state index in [1.54, 1.807) is 6.92 Å². The number of ether oxygens (including phenoxy) is 2. The molecule has 2 bridgehead atoms. The van der Waals surface area contributed by atoms with Gasteiger partial charge in [0.1, 0.15) is 6.10 Å². The van der Waals surface area contributed by atoms with E-state index in [2.05, 4.69) is 25.5 Å². The van der Waals surface area contributed by atoms with Crippen molar-refractivity contribution in [2.75, 3.05) is 26.2 Å². The second kappa shape index (κ2) is 5.76. The third kappa shape index (κ3) is 2.82. The zero-order valence-corrected chi connectivity index (χ0v) is 11.8. The Kier molecular flexibility index (Phi) is 3.85. The minimum absolute atomic E-state index is 0.228. The molecule has 4 heterocycles. The van der Waals surface area contributed by atoms with Gasteiger partial charge < -0.3 is 9.47 Å². The molecule has 1 unspecified atom stereocenters. The van der Waals surface area contributed by atoms with E-state index in [-0.39, 0.29) is 6.10 Å². The zero-order chi connectivity index (χ0) is 13.1. The Labute approximate surface area is 117 Å². The summed E-state index contributed by atoms with van der Waals surface area (Å²) in [4.78, 5) is 2.45. The predicted molar refractivity (Wildman–Crippen MR) is 72.4 cm³/mol. The van der Waals surface area contributed by atoms with Crippen LogP contribution in [0.2, 0.25) is 0 Å². The number of hydrogen-bond acceptors (Lipinski definition) is 6. The van der Waals surface area contributed by atoms with E-state index in [0.29, 0.717) is 24.3 Å². The van der Waals surface area contributed by atoms with Gasteiger partial charge in [0.25, 0.3) is 11.8 Å². The van der Waals surface area contributed by atoms with Gasteiger partial charge in [-0.05, 0) is 38.8 Å². The van der Waals surface area contributed by atoms with Crippen LogP contribution in [0.5, 0.6) is 11.8 Å². The summed E-state index contributed by atoms with van der Waals surface area (Å²) in [7, 11) is 0. The van der Waals surface area contributed by atoms with Crippen LogP contribution >= 0.6 is 11.7 Å². The highest BCUT2D eigenvalue weighted by molar-refractivity contribution is 6.99. The van der Waals surface area contributed by atoms with E-state index in [1.807, 2.05) is 0 Å². The van der Waals surface area contributed by atoms with Crippen molar-refractivity contribution in [1.29, 1.82) is 0 Å². The van der Waals surface area contributed by atoms with Crippen LogP contribution in [0.3, 0.4) is 0 Å². The Morgan fingerprint density at radius 1 is 1.32 bits per heavy atom. The molecule has 0 radical (unpaired) electrons. The maximum atomic E-state index is 6.01. The Morgan fingerprint density at radius 2 is 2.11 bits per heavy atom. The first-order valence-electron chi connectivity index (χ1n) is 6.61. The van der Waals surface area contributed by atoms with Crippen LogP contribution in [0.25, 0.3) is 0 Å². The van der Waals surface area contributed by atoms with Gasteiger partial charge in [-0.3, -0.25) is 4.90 Å². The molecule has 1 aromatic heterocycles. The Morgan fingerprint density at radius 3 is 2.79 bits per heavy atom. The SMILES string of the molecule is CC#CCOc1nsnc1OC1CN2CCC1CC2. The molecule has 0 N–H and O–H groups in total. The number of nitrogens with zero attached hydrogens (tertiary/aromatic N) is 3. The van der Waals surface area contributed by atoms with Gasteiger partial charge in [-0.2, -0.15) is 0 Å². The fourth-order valence-corrected chi connectivity index (χ4v) is 3.14. The summed E-state index contributed by atoms with van der Waals surface area (Å²) in [5, 5.41) is 0. The topological polar surface area (TPSA) is 47.5 Å². The smallest absolute Gasteiger partial charge is 0.292 e. The fraction of sp³-hybridized carbons (Fsp3) is 0.692. The molecular formula is C13H17N3O2S. The van der Waals surface area contributed by atoms with E-state index >= 15 is 0 Å². The van der Waals surface area contributed by atoms with Crippen LogP contribution in [0.1, 0.15) is 19.8 Å². The largest absolute Gasteiger partial charge is 0.468 e. The van der Waals surface area contributed by atoms with E-state index in [0.717, 1.165) is 18.3 Å². The second-order valence-electron chi connectivity index (χ2n) is 4.88. The van der Waals surface area contributed by atoms with Crippen molar-refractivity contribution >= 4 is 11.7 Å². The molecule has 4 rings (SSSR count). The highest BCUT2D eigenvalue weighted by Crippen LogP contribution is 2.33. The number of fused-ring (bicyclic) bond motifs is 3. The van der Waals surface area contributed by atoms with Gasteiger partial charge in [-0.25, -0.2) is 0 Å². The van der Waals surface area contributed by atoms with Crippen molar-refractivity contribution in [3.8, 4) is 23.6 Å². The molecule has 19 heavy (non-hydrogen) atoms. The van der Waals surface area contributed by atoms with E-state index < -0.39 is 0 Å². The lowest BCUT2D eigenvalue weighted by Crippen LogP contribution is -2.52. The number of piperidine rings is 3. The average molecular weight is 279 g/mol. The fourth-order valence-electron chi connectivity index (χ4n) is 2.70. The first-order chi connectivity index (χ1) is 9.36. The molecule has 0 aliphatic carbocycles. The molecule has 1 aromatic rings. The number of hydrogen-bond donors (Lipinski definition) is 0. The molecule has 3 fully saturated rings. The highest BCUT2D eigenvalue weighted by Gasteiger charge is 2.36. The minimum Gasteiger partial charge on any atom is -0.468 e. The average Bonchev–Trinajstić information content (AvgIpc) is 2.88. The number of aromatic nitrogens is 2. The maximum absolute atomic E-state index is 6.01. The molecular weight excluding hydrogens is 262 g/mol. The van der Waals surface area contributed by atoms with Gasteiger partial charge >= 0.3 is 0 Å². The third-order valence-electron chi connectivity index (χ3n) is 3.75. The van der Waals surface area contributed by atoms with Crippen molar-refractivity contribution in [1.82, 2.24) is 13.6 Å². The van der Waals surface area contributed by atoms with Gasteiger partial charge in [0.2, 0.25) is 0 Å². The van der Waals surface area contributed by atoms with Crippen LogP contribution in [-0.2, 0) is 0 Å². The van der Waals surface area contributed by atoms with Gasteiger partial charge in [0.05, 0.1) is 11.7 Å². The molecule has 3 saturated heterocycles. The van der Waals surface area contributed by atoms with E-state index in [4.69, 9.17) is 9.47 Å². The van der Waals surface area contributed by atoms with Crippen LogP contribution < -0.4 is 9.47 Å². The molecule has 0 spiro atoms. The molecule has 1 atom stereocenters. The Balaban J connectivity index is 1.63. The molecule has 0 aromatic carbocycles. The summed E-state index contributed by atoms with van der Waals surface area (Å²) < 4.78 is 19.8. The lowest BCUT2D eigenvalue weighted by molar-refractivity contribution is -0.0109. The zero-order valence-electron chi connectivity index (χ0n) is 11.0. The first-order valence-corrected chi connectivity index (χ1v) is 7.34. The normalized spacial score (nSPS) is 28.6. The minimum atomic E-state index is 0.228. The van der Waals surface area contributed by atoms with Crippen LogP contribution in [-0.4, -0.2) is 46.0 Å². The maximum Gasteiger partial charge on any atom is 0.292 e. The van der Waals surface area contributed by atoms with Crippen LogP contribution in [0.4, 0.5) is 0 Å². The summed E-state index contributed by atoms with van der Waals surface area (Å²) in [6.07, 6.45) is 2.67. The predicted octanol–water partition coefficient (Wildman–Crippen LogP) is 1.41. The molecule has 102 valence electrons. The van der Waals surface area contributed by atoms with Gasteiger partial charge in [-0.15, -0.1) is 14.7 Å². The second-order valence-corrected chi connectivity index (χ2v) is 5.41. The lowest BCUT2D eigenvalue weighted by atomic mass is 9.86. The third-order valence-corrected chi connectivity index (χ3v) is 4.24. The van der Waals surface area contributed by atoms with Gasteiger partial charge in [0, 0.05) is 6.54 Å². The molecule has 3 aliphatic heterocycles. The molecule has 5 nitrogen and oxygen atoms in total. The summed E-state index contributed by atoms with van der Waals surface area (Å²) in [5.41, 5.74) is 0. The number of rotatable bonds is 4. The van der Waals surface area contributed by atoms with Crippen molar-refractivity contribution in [2.24, 2.45) is 5.92 Å². The lowest BCUT2D eigenvalue weighted by Gasteiger charge is -2.43. The van der Waals surface area contributed by atoms with E-state index in [9.17, 15) is 0 Å². The van der Waals surface area contributed by atoms with Gasteiger partial charge in [0.15, 0.2) is 6.61 Å². The van der Waals surface area contributed by atoms with Gasteiger partial charge in [-0.1, -0.05) is 5.92 Å². The standard InChI is InChI=1S/C13H17N3O2S/c1-2-3-8-17-12-13(15-19-14-12)18-11-9-16-6-4-10(11)5-7-16/h10-11H,4-9H2,1H3. The molecule has 3 aliphatic rings. The van der Waals surface area contributed by atoms with Crippen molar-refractivity contribution < 1.29 is 9.47 Å². The summed E-state index contributed by atoms with van der Waals surface area (Å²) in [6.45, 7) is 5.52. The van der Waals surface area contributed by atoms with Crippen LogP contribution in [0, 0.1) is 17.8 Å². The first kappa shape index (κ1) is 12.7. The van der Waals surface area contributed by atoms with Crippen molar-refractivity contribution in [3.63, 3.8) is 0 Å². The summed E-state index contributed by atoms with van der Waals surface area (Å²) in [6, 6.07) is 0. The van der Waals surface area contributed by atoms with E-state index in [1.165, 1.54) is 25.9 Å².